The summed E-state index contributed by atoms with van der Waals surface area (Å²) in [6.45, 7) is 0.969. The van der Waals surface area contributed by atoms with Crippen molar-refractivity contribution in [2.75, 3.05) is 25.7 Å². The molecule has 0 radical (unpaired) electrons. The van der Waals surface area contributed by atoms with Crippen LogP contribution in [0.25, 0.3) is 0 Å². The first-order valence-electron chi connectivity index (χ1n) is 6.66. The summed E-state index contributed by atoms with van der Waals surface area (Å²) in [6.07, 6.45) is 0. The minimum absolute atomic E-state index is 0.332. The topological polar surface area (TPSA) is 45.5 Å². The number of nitriles is 1. The zero-order valence-electron chi connectivity index (χ0n) is 12.2. The van der Waals surface area contributed by atoms with Crippen LogP contribution in [-0.2, 0) is 6.54 Å². The third kappa shape index (κ3) is 3.67. The Hall–Kier alpha value is -2.67. The fourth-order valence-corrected chi connectivity index (χ4v) is 2.16. The van der Waals surface area contributed by atoms with E-state index in [1.54, 1.807) is 14.2 Å². The van der Waals surface area contributed by atoms with E-state index in [9.17, 15) is 0 Å². The molecule has 0 aliphatic carbocycles. The molecule has 2 aromatic rings. The molecular formula is C17H18N2O2. The highest BCUT2D eigenvalue weighted by Gasteiger charge is 2.09. The summed E-state index contributed by atoms with van der Waals surface area (Å²) in [5.41, 5.74) is 2.08. The Morgan fingerprint density at radius 3 is 2.33 bits per heavy atom. The maximum Gasteiger partial charge on any atom is 0.161 e. The van der Waals surface area contributed by atoms with Gasteiger partial charge in [0.15, 0.2) is 11.5 Å². The molecule has 0 spiro atoms. The maximum absolute atomic E-state index is 9.02. The smallest absolute Gasteiger partial charge is 0.161 e. The van der Waals surface area contributed by atoms with Crippen molar-refractivity contribution >= 4 is 5.69 Å². The summed E-state index contributed by atoms with van der Waals surface area (Å²) in [5, 5.41) is 9.02. The molecule has 0 aliphatic heterocycles. The molecule has 4 heteroatoms. The number of nitrogens with zero attached hydrogens (tertiary/aromatic N) is 2. The third-order valence-electron chi connectivity index (χ3n) is 3.20. The Morgan fingerprint density at radius 1 is 1.00 bits per heavy atom. The molecule has 0 unspecified atom stereocenters. The lowest BCUT2D eigenvalue weighted by Gasteiger charge is -2.22. The standard InChI is InChI=1S/C17H18N2O2/c1-20-16-9-8-14(12-17(16)21-2)13-19(11-10-18)15-6-4-3-5-7-15/h3-9,12H,11,13H2,1-2H3. The van der Waals surface area contributed by atoms with Gasteiger partial charge in [0.1, 0.15) is 6.54 Å². The molecule has 2 rings (SSSR count). The van der Waals surface area contributed by atoms with E-state index in [0.29, 0.717) is 24.6 Å². The Balaban J connectivity index is 2.23. The quantitative estimate of drug-likeness (QED) is 0.763. The van der Waals surface area contributed by atoms with Crippen LogP contribution in [0.15, 0.2) is 48.5 Å². The van der Waals surface area contributed by atoms with Crippen LogP contribution in [0, 0.1) is 11.3 Å². The van der Waals surface area contributed by atoms with Crippen LogP contribution in [0.1, 0.15) is 5.56 Å². The number of benzene rings is 2. The zero-order valence-corrected chi connectivity index (χ0v) is 12.2. The van der Waals surface area contributed by atoms with Gasteiger partial charge in [0.25, 0.3) is 0 Å². The third-order valence-corrected chi connectivity index (χ3v) is 3.20. The fraction of sp³-hybridized carbons (Fsp3) is 0.235. The molecule has 0 saturated heterocycles. The van der Waals surface area contributed by atoms with Crippen molar-refractivity contribution in [3.63, 3.8) is 0 Å². The molecule has 21 heavy (non-hydrogen) atoms. The lowest BCUT2D eigenvalue weighted by Crippen LogP contribution is -2.22. The van der Waals surface area contributed by atoms with Gasteiger partial charge >= 0.3 is 0 Å². The van der Waals surface area contributed by atoms with E-state index in [-0.39, 0.29) is 0 Å². The van der Waals surface area contributed by atoms with E-state index in [2.05, 4.69) is 6.07 Å². The molecule has 0 N–H and O–H groups in total. The van der Waals surface area contributed by atoms with Crippen LogP contribution in [0.3, 0.4) is 0 Å². The predicted molar refractivity (Wildman–Crippen MR) is 82.7 cm³/mol. The van der Waals surface area contributed by atoms with Crippen LogP contribution >= 0.6 is 0 Å². The molecule has 0 amide bonds. The monoisotopic (exact) mass is 282 g/mol. The van der Waals surface area contributed by atoms with E-state index in [1.807, 2.05) is 53.4 Å². The number of hydrogen-bond acceptors (Lipinski definition) is 4. The predicted octanol–water partition coefficient (Wildman–Crippen LogP) is 3.23. The van der Waals surface area contributed by atoms with Crippen molar-refractivity contribution in [2.45, 2.75) is 6.54 Å². The lowest BCUT2D eigenvalue weighted by molar-refractivity contribution is 0.354. The highest BCUT2D eigenvalue weighted by molar-refractivity contribution is 5.49. The average molecular weight is 282 g/mol. The molecule has 4 nitrogen and oxygen atoms in total. The summed E-state index contributed by atoms with van der Waals surface area (Å²) in [5.74, 6) is 1.40. The Labute approximate surface area is 125 Å². The Kier molecular flexibility index (Phi) is 5.05. The van der Waals surface area contributed by atoms with Crippen molar-refractivity contribution in [2.24, 2.45) is 0 Å². The van der Waals surface area contributed by atoms with Gasteiger partial charge in [0, 0.05) is 12.2 Å². The van der Waals surface area contributed by atoms with Crippen molar-refractivity contribution in [1.82, 2.24) is 0 Å². The van der Waals surface area contributed by atoms with Crippen LogP contribution in [0.2, 0.25) is 0 Å². The van der Waals surface area contributed by atoms with Gasteiger partial charge in [-0.05, 0) is 29.8 Å². The highest BCUT2D eigenvalue weighted by atomic mass is 16.5. The summed E-state index contributed by atoms with van der Waals surface area (Å²) in [6, 6.07) is 17.9. The van der Waals surface area contributed by atoms with Gasteiger partial charge in [-0.15, -0.1) is 0 Å². The molecule has 108 valence electrons. The second kappa shape index (κ2) is 7.20. The number of para-hydroxylation sites is 1. The lowest BCUT2D eigenvalue weighted by atomic mass is 10.1. The van der Waals surface area contributed by atoms with E-state index >= 15 is 0 Å². The average Bonchev–Trinajstić information content (AvgIpc) is 2.55. The fourth-order valence-electron chi connectivity index (χ4n) is 2.16. The van der Waals surface area contributed by atoms with Gasteiger partial charge < -0.3 is 14.4 Å². The molecule has 0 heterocycles. The number of anilines is 1. The van der Waals surface area contributed by atoms with Gasteiger partial charge in [-0.2, -0.15) is 5.26 Å². The second-order valence-corrected chi connectivity index (χ2v) is 4.54. The molecule has 0 fully saturated rings. The van der Waals surface area contributed by atoms with Crippen molar-refractivity contribution < 1.29 is 9.47 Å². The first-order valence-corrected chi connectivity index (χ1v) is 6.66. The van der Waals surface area contributed by atoms with Gasteiger partial charge in [0.05, 0.1) is 20.3 Å². The summed E-state index contributed by atoms with van der Waals surface area (Å²) >= 11 is 0. The zero-order chi connectivity index (χ0) is 15.1. The second-order valence-electron chi connectivity index (χ2n) is 4.54. The van der Waals surface area contributed by atoms with Gasteiger partial charge in [-0.1, -0.05) is 24.3 Å². The molecule has 0 saturated carbocycles. The number of methoxy groups -OCH3 is 2. The van der Waals surface area contributed by atoms with Crippen LogP contribution in [-0.4, -0.2) is 20.8 Å². The number of ether oxygens (including phenoxy) is 2. The maximum atomic E-state index is 9.02. The van der Waals surface area contributed by atoms with E-state index < -0.39 is 0 Å². The normalized spacial score (nSPS) is 9.76. The van der Waals surface area contributed by atoms with Crippen molar-refractivity contribution in [3.05, 3.63) is 54.1 Å². The number of rotatable bonds is 6. The minimum Gasteiger partial charge on any atom is -0.493 e. The van der Waals surface area contributed by atoms with E-state index in [0.717, 1.165) is 11.3 Å². The van der Waals surface area contributed by atoms with Crippen molar-refractivity contribution in [1.29, 1.82) is 5.26 Å². The van der Waals surface area contributed by atoms with Crippen molar-refractivity contribution in [3.8, 4) is 17.6 Å². The highest BCUT2D eigenvalue weighted by Crippen LogP contribution is 2.28. The SMILES string of the molecule is COc1ccc(CN(CC#N)c2ccccc2)cc1OC. The molecular weight excluding hydrogens is 264 g/mol. The Bertz CT molecular complexity index is 620. The van der Waals surface area contributed by atoms with Crippen LogP contribution in [0.5, 0.6) is 11.5 Å². The molecule has 0 atom stereocenters. The summed E-state index contributed by atoms with van der Waals surface area (Å²) in [4.78, 5) is 2.02. The van der Waals surface area contributed by atoms with Crippen LogP contribution in [0.4, 0.5) is 5.69 Å². The van der Waals surface area contributed by atoms with Gasteiger partial charge in [0.2, 0.25) is 0 Å². The van der Waals surface area contributed by atoms with Gasteiger partial charge in [-0.3, -0.25) is 0 Å². The Morgan fingerprint density at radius 2 is 1.71 bits per heavy atom. The van der Waals surface area contributed by atoms with E-state index in [4.69, 9.17) is 14.7 Å². The molecule has 0 aromatic heterocycles. The molecule has 2 aromatic carbocycles. The largest absolute Gasteiger partial charge is 0.493 e. The van der Waals surface area contributed by atoms with E-state index in [1.165, 1.54) is 0 Å². The molecule has 0 bridgehead atoms. The summed E-state index contributed by atoms with van der Waals surface area (Å²) < 4.78 is 10.6. The van der Waals surface area contributed by atoms with Gasteiger partial charge in [-0.25, -0.2) is 0 Å². The van der Waals surface area contributed by atoms with Crippen LogP contribution < -0.4 is 14.4 Å². The first-order chi connectivity index (χ1) is 10.3. The minimum atomic E-state index is 0.332. The first kappa shape index (κ1) is 14.7. The summed E-state index contributed by atoms with van der Waals surface area (Å²) in [7, 11) is 3.23. The molecule has 0 aliphatic rings. The number of hydrogen-bond donors (Lipinski definition) is 0.